The Balaban J connectivity index is 1.57. The molecule has 0 spiro atoms. The molecule has 0 radical (unpaired) electrons. The fraction of sp³-hybridized carbons (Fsp3) is 0.409. The Morgan fingerprint density at radius 2 is 1.78 bits per heavy atom. The number of carbonyl (C=O) groups excluding carboxylic acids is 1. The minimum atomic E-state index is -0.577. The molecule has 2 aromatic carbocycles. The highest BCUT2D eigenvalue weighted by Gasteiger charge is 2.19. The summed E-state index contributed by atoms with van der Waals surface area (Å²) in [5.41, 5.74) is 0.728. The van der Waals surface area contributed by atoms with Crippen molar-refractivity contribution < 1.29 is 19.0 Å². The summed E-state index contributed by atoms with van der Waals surface area (Å²) >= 11 is 0. The van der Waals surface area contributed by atoms with Gasteiger partial charge in [0.05, 0.1) is 13.2 Å². The van der Waals surface area contributed by atoms with Crippen LogP contribution in [-0.4, -0.2) is 25.2 Å². The van der Waals surface area contributed by atoms with Crippen LogP contribution in [0.4, 0.5) is 5.69 Å². The van der Waals surface area contributed by atoms with Gasteiger partial charge in [-0.25, -0.2) is 0 Å². The molecule has 5 nitrogen and oxygen atoms in total. The molecular formula is C22H27NO4. The minimum Gasteiger partial charge on any atom is -0.497 e. The van der Waals surface area contributed by atoms with E-state index < -0.39 is 6.10 Å². The summed E-state index contributed by atoms with van der Waals surface area (Å²) in [6, 6.07) is 14.8. The molecule has 0 aromatic heterocycles. The molecule has 1 atom stereocenters. The van der Waals surface area contributed by atoms with E-state index in [1.807, 2.05) is 49.4 Å². The van der Waals surface area contributed by atoms with Crippen LogP contribution >= 0.6 is 0 Å². The number of anilines is 1. The van der Waals surface area contributed by atoms with Crippen molar-refractivity contribution in [2.75, 3.05) is 12.4 Å². The van der Waals surface area contributed by atoms with Crippen LogP contribution < -0.4 is 19.5 Å². The molecule has 0 saturated heterocycles. The molecule has 1 amide bonds. The maximum atomic E-state index is 12.6. The maximum Gasteiger partial charge on any atom is 0.265 e. The predicted octanol–water partition coefficient (Wildman–Crippen LogP) is 4.81. The second-order valence-corrected chi connectivity index (χ2v) is 6.73. The Kier molecular flexibility index (Phi) is 6.58. The molecule has 3 rings (SSSR count). The zero-order valence-corrected chi connectivity index (χ0v) is 15.9. The van der Waals surface area contributed by atoms with E-state index in [1.54, 1.807) is 13.2 Å². The van der Waals surface area contributed by atoms with E-state index in [9.17, 15) is 4.79 Å². The lowest BCUT2D eigenvalue weighted by Crippen LogP contribution is -2.32. The van der Waals surface area contributed by atoms with Crippen LogP contribution in [0.2, 0.25) is 0 Å². The molecule has 2 aromatic rings. The molecule has 0 aliphatic heterocycles. The number of rotatable bonds is 8. The minimum absolute atomic E-state index is 0.176. The van der Waals surface area contributed by atoms with Gasteiger partial charge in [-0.1, -0.05) is 13.0 Å². The maximum absolute atomic E-state index is 12.6. The predicted molar refractivity (Wildman–Crippen MR) is 106 cm³/mol. The first-order chi connectivity index (χ1) is 13.2. The Bertz CT molecular complexity index is 738. The lowest BCUT2D eigenvalue weighted by molar-refractivity contribution is -0.122. The first-order valence-electron chi connectivity index (χ1n) is 9.56. The molecule has 144 valence electrons. The van der Waals surface area contributed by atoms with E-state index in [0.717, 1.165) is 24.3 Å². The van der Waals surface area contributed by atoms with E-state index in [1.165, 1.54) is 12.8 Å². The van der Waals surface area contributed by atoms with Crippen molar-refractivity contribution in [1.82, 2.24) is 0 Å². The summed E-state index contributed by atoms with van der Waals surface area (Å²) < 4.78 is 17.0. The number of amides is 1. The van der Waals surface area contributed by atoms with Crippen LogP contribution in [-0.2, 0) is 4.79 Å². The third-order valence-corrected chi connectivity index (χ3v) is 4.71. The van der Waals surface area contributed by atoms with Gasteiger partial charge in [0.1, 0.15) is 17.2 Å². The van der Waals surface area contributed by atoms with Crippen LogP contribution in [0, 0.1) is 0 Å². The van der Waals surface area contributed by atoms with Crippen molar-refractivity contribution in [2.24, 2.45) is 0 Å². The van der Waals surface area contributed by atoms with Gasteiger partial charge in [0.2, 0.25) is 0 Å². The number of hydrogen-bond donors (Lipinski definition) is 1. The molecule has 1 aliphatic rings. The van der Waals surface area contributed by atoms with Gasteiger partial charge in [-0.05, 0) is 68.5 Å². The van der Waals surface area contributed by atoms with Crippen LogP contribution in [0.15, 0.2) is 48.5 Å². The van der Waals surface area contributed by atoms with Gasteiger partial charge in [-0.2, -0.15) is 0 Å². The normalized spacial score (nSPS) is 15.2. The monoisotopic (exact) mass is 369 g/mol. The Morgan fingerprint density at radius 3 is 2.44 bits per heavy atom. The van der Waals surface area contributed by atoms with Crippen LogP contribution in [0.25, 0.3) is 0 Å². The highest BCUT2D eigenvalue weighted by atomic mass is 16.5. The number of hydrogen-bond acceptors (Lipinski definition) is 4. The van der Waals surface area contributed by atoms with Gasteiger partial charge in [0.15, 0.2) is 6.10 Å². The highest BCUT2D eigenvalue weighted by Crippen LogP contribution is 2.25. The second kappa shape index (κ2) is 9.31. The first kappa shape index (κ1) is 19.1. The van der Waals surface area contributed by atoms with E-state index >= 15 is 0 Å². The number of nitrogens with one attached hydrogen (secondary N) is 1. The summed E-state index contributed by atoms with van der Waals surface area (Å²) in [7, 11) is 1.60. The van der Waals surface area contributed by atoms with Crippen molar-refractivity contribution in [3.8, 4) is 17.2 Å². The van der Waals surface area contributed by atoms with Crippen LogP contribution in [0.5, 0.6) is 17.2 Å². The van der Waals surface area contributed by atoms with Crippen LogP contribution in [0.3, 0.4) is 0 Å². The Morgan fingerprint density at radius 1 is 1.07 bits per heavy atom. The Labute approximate surface area is 160 Å². The largest absolute Gasteiger partial charge is 0.497 e. The standard InChI is InChI=1S/C22H27NO4/c1-3-21(27-20-10-6-9-19(15-20)25-2)22(24)23-16-11-13-18(14-12-16)26-17-7-4-5-8-17/h6,9-15,17,21H,3-5,7-8H2,1-2H3,(H,23,24)/t21-/m1/s1. The van der Waals surface area contributed by atoms with Crippen molar-refractivity contribution >= 4 is 11.6 Å². The third-order valence-electron chi connectivity index (χ3n) is 4.71. The topological polar surface area (TPSA) is 56.8 Å². The molecule has 1 fully saturated rings. The quantitative estimate of drug-likeness (QED) is 0.725. The molecular weight excluding hydrogens is 342 g/mol. The van der Waals surface area contributed by atoms with Gasteiger partial charge < -0.3 is 19.5 Å². The number of ether oxygens (including phenoxy) is 3. The molecule has 1 saturated carbocycles. The second-order valence-electron chi connectivity index (χ2n) is 6.73. The molecule has 0 heterocycles. The fourth-order valence-corrected chi connectivity index (χ4v) is 3.20. The zero-order chi connectivity index (χ0) is 19.1. The Hall–Kier alpha value is -2.69. The van der Waals surface area contributed by atoms with E-state index in [2.05, 4.69) is 5.32 Å². The molecule has 5 heteroatoms. The molecule has 1 aliphatic carbocycles. The van der Waals surface area contributed by atoms with Crippen molar-refractivity contribution in [2.45, 2.75) is 51.2 Å². The first-order valence-corrected chi connectivity index (χ1v) is 9.56. The SMILES string of the molecule is CC[C@@H](Oc1cccc(OC)c1)C(=O)Nc1ccc(OC2CCCC2)cc1. The molecule has 0 bridgehead atoms. The molecule has 27 heavy (non-hydrogen) atoms. The summed E-state index contributed by atoms with van der Waals surface area (Å²) in [6.07, 6.45) is 5.04. The summed E-state index contributed by atoms with van der Waals surface area (Å²) in [5, 5.41) is 2.91. The summed E-state index contributed by atoms with van der Waals surface area (Å²) in [5.74, 6) is 1.97. The van der Waals surface area contributed by atoms with Gasteiger partial charge in [-0.15, -0.1) is 0 Å². The number of carbonyl (C=O) groups is 1. The molecule has 0 unspecified atom stereocenters. The van der Waals surface area contributed by atoms with Crippen molar-refractivity contribution in [3.05, 3.63) is 48.5 Å². The molecule has 1 N–H and O–H groups in total. The smallest absolute Gasteiger partial charge is 0.265 e. The fourth-order valence-electron chi connectivity index (χ4n) is 3.20. The van der Waals surface area contributed by atoms with E-state index in [-0.39, 0.29) is 5.91 Å². The summed E-state index contributed by atoms with van der Waals surface area (Å²) in [6.45, 7) is 1.92. The van der Waals surface area contributed by atoms with Gasteiger partial charge in [-0.3, -0.25) is 4.79 Å². The van der Waals surface area contributed by atoms with Crippen molar-refractivity contribution in [3.63, 3.8) is 0 Å². The number of methoxy groups -OCH3 is 1. The van der Waals surface area contributed by atoms with E-state index in [4.69, 9.17) is 14.2 Å². The highest BCUT2D eigenvalue weighted by molar-refractivity contribution is 5.94. The average Bonchev–Trinajstić information content (AvgIpc) is 3.20. The van der Waals surface area contributed by atoms with Gasteiger partial charge >= 0.3 is 0 Å². The lowest BCUT2D eigenvalue weighted by Gasteiger charge is -2.18. The third kappa shape index (κ3) is 5.39. The van der Waals surface area contributed by atoms with Gasteiger partial charge in [0.25, 0.3) is 5.91 Å². The zero-order valence-electron chi connectivity index (χ0n) is 15.9. The van der Waals surface area contributed by atoms with Crippen LogP contribution in [0.1, 0.15) is 39.0 Å². The van der Waals surface area contributed by atoms with Gasteiger partial charge in [0, 0.05) is 11.8 Å². The average molecular weight is 369 g/mol. The lowest BCUT2D eigenvalue weighted by atomic mass is 10.2. The van der Waals surface area contributed by atoms with Crippen molar-refractivity contribution in [1.29, 1.82) is 0 Å². The number of benzene rings is 2. The summed E-state index contributed by atoms with van der Waals surface area (Å²) in [4.78, 5) is 12.6. The van der Waals surface area contributed by atoms with E-state index in [0.29, 0.717) is 24.0 Å².